The molecule has 0 radical (unpaired) electrons. The molecule has 6 nitrogen and oxygen atoms in total. The van der Waals surface area contributed by atoms with Gasteiger partial charge in [0.05, 0.1) is 12.2 Å². The molecule has 0 spiro atoms. The van der Waals surface area contributed by atoms with Gasteiger partial charge in [0.2, 0.25) is 0 Å². The Hall–Kier alpha value is -1.79. The van der Waals surface area contributed by atoms with E-state index in [2.05, 4.69) is 35.0 Å². The van der Waals surface area contributed by atoms with Gasteiger partial charge in [-0.2, -0.15) is 0 Å². The van der Waals surface area contributed by atoms with E-state index in [1.165, 1.54) is 0 Å². The first-order valence-electron chi connectivity index (χ1n) is 8.94. The maximum Gasteiger partial charge on any atom is 0.321 e. The van der Waals surface area contributed by atoms with Crippen LogP contribution in [0.25, 0.3) is 0 Å². The summed E-state index contributed by atoms with van der Waals surface area (Å²) in [6, 6.07) is 5.89. The van der Waals surface area contributed by atoms with E-state index in [-0.39, 0.29) is 18.2 Å². The largest absolute Gasteiger partial charge is 0.377 e. The molecule has 25 heavy (non-hydrogen) atoms. The highest BCUT2D eigenvalue weighted by atomic mass is 16.5. The Balaban J connectivity index is 1.89. The average Bonchev–Trinajstić information content (AvgIpc) is 2.53. The van der Waals surface area contributed by atoms with Crippen LogP contribution in [0.15, 0.2) is 18.2 Å². The molecule has 1 aliphatic rings. The van der Waals surface area contributed by atoms with Gasteiger partial charge < -0.3 is 19.9 Å². The van der Waals surface area contributed by atoms with Gasteiger partial charge in [0.25, 0.3) is 0 Å². The van der Waals surface area contributed by atoms with Gasteiger partial charge >= 0.3 is 6.03 Å². The Kier molecular flexibility index (Phi) is 6.67. The third kappa shape index (κ3) is 5.34. The van der Waals surface area contributed by atoms with Crippen LogP contribution >= 0.6 is 0 Å². The summed E-state index contributed by atoms with van der Waals surface area (Å²) in [6.07, 6.45) is 0.499. The van der Waals surface area contributed by atoms with Crippen molar-refractivity contribution in [3.05, 3.63) is 23.8 Å². The second-order valence-corrected chi connectivity index (χ2v) is 7.21. The molecule has 2 atom stereocenters. The van der Waals surface area contributed by atoms with Gasteiger partial charge in [-0.25, -0.2) is 4.79 Å². The molecule has 1 aliphatic heterocycles. The Bertz CT molecular complexity index is 581. The molecule has 140 valence electrons. The molecule has 1 aromatic rings. The van der Waals surface area contributed by atoms with Crippen molar-refractivity contribution in [2.45, 2.75) is 33.0 Å². The van der Waals surface area contributed by atoms with Crippen molar-refractivity contribution in [1.82, 2.24) is 9.80 Å². The summed E-state index contributed by atoms with van der Waals surface area (Å²) in [4.78, 5) is 18.7. The standard InChI is InChI=1S/C19H32N4O2/c1-14-12-23(13-15(2)25-14)11-10-22(6)19(24)20-17-8-7-9-18(16(17)3)21(4)5/h7-9,14-15H,10-13H2,1-6H3,(H,20,24)/t14-,15+. The number of hydrogen-bond acceptors (Lipinski definition) is 4. The van der Waals surface area contributed by atoms with Crippen molar-refractivity contribution in [2.24, 2.45) is 0 Å². The predicted octanol–water partition coefficient (Wildman–Crippen LogP) is 2.63. The van der Waals surface area contributed by atoms with Crippen molar-refractivity contribution in [3.8, 4) is 0 Å². The number of urea groups is 1. The van der Waals surface area contributed by atoms with Crippen LogP contribution in [0.3, 0.4) is 0 Å². The van der Waals surface area contributed by atoms with Gasteiger partial charge in [-0.3, -0.25) is 4.90 Å². The van der Waals surface area contributed by atoms with Gasteiger partial charge in [-0.05, 0) is 38.5 Å². The topological polar surface area (TPSA) is 48.1 Å². The monoisotopic (exact) mass is 348 g/mol. The summed E-state index contributed by atoms with van der Waals surface area (Å²) in [7, 11) is 5.85. The van der Waals surface area contributed by atoms with Crippen molar-refractivity contribution < 1.29 is 9.53 Å². The molecule has 1 heterocycles. The lowest BCUT2D eigenvalue weighted by atomic mass is 10.1. The first-order chi connectivity index (χ1) is 11.8. The normalized spacial score (nSPS) is 21.0. The summed E-state index contributed by atoms with van der Waals surface area (Å²) < 4.78 is 5.75. The number of ether oxygens (including phenoxy) is 1. The fourth-order valence-electron chi connectivity index (χ4n) is 3.31. The zero-order valence-corrected chi connectivity index (χ0v) is 16.4. The number of anilines is 2. The second-order valence-electron chi connectivity index (χ2n) is 7.21. The fourth-order valence-corrected chi connectivity index (χ4v) is 3.31. The molecule has 1 fully saturated rings. The molecule has 0 saturated carbocycles. The maximum absolute atomic E-state index is 12.5. The lowest BCUT2D eigenvalue weighted by Gasteiger charge is -2.36. The third-order valence-electron chi connectivity index (χ3n) is 4.62. The van der Waals surface area contributed by atoms with Crippen molar-refractivity contribution in [3.63, 3.8) is 0 Å². The van der Waals surface area contributed by atoms with Crippen molar-refractivity contribution >= 4 is 17.4 Å². The summed E-state index contributed by atoms with van der Waals surface area (Å²) in [5.41, 5.74) is 3.04. The predicted molar refractivity (Wildman–Crippen MR) is 104 cm³/mol. The highest BCUT2D eigenvalue weighted by Gasteiger charge is 2.22. The summed E-state index contributed by atoms with van der Waals surface area (Å²) in [5, 5.41) is 3.03. The van der Waals surface area contributed by atoms with Crippen LogP contribution in [0, 0.1) is 6.92 Å². The van der Waals surface area contributed by atoms with Crippen LogP contribution in [0.2, 0.25) is 0 Å². The first-order valence-corrected chi connectivity index (χ1v) is 8.94. The Morgan fingerprint density at radius 1 is 1.24 bits per heavy atom. The highest BCUT2D eigenvalue weighted by Crippen LogP contribution is 2.25. The Morgan fingerprint density at radius 3 is 2.48 bits per heavy atom. The molecule has 0 unspecified atom stereocenters. The smallest absolute Gasteiger partial charge is 0.321 e. The van der Waals surface area contributed by atoms with Gasteiger partial charge in [-0.15, -0.1) is 0 Å². The van der Waals surface area contributed by atoms with Gasteiger partial charge in [0.15, 0.2) is 0 Å². The van der Waals surface area contributed by atoms with Crippen molar-refractivity contribution in [1.29, 1.82) is 0 Å². The molecular weight excluding hydrogens is 316 g/mol. The molecule has 2 amide bonds. The number of likely N-dealkylation sites (N-methyl/N-ethyl adjacent to an activating group) is 1. The molecular formula is C19H32N4O2. The Morgan fingerprint density at radius 2 is 1.88 bits per heavy atom. The number of carbonyl (C=O) groups excluding carboxylic acids is 1. The number of morpholine rings is 1. The van der Waals surface area contributed by atoms with E-state index < -0.39 is 0 Å². The zero-order valence-electron chi connectivity index (χ0n) is 16.4. The van der Waals surface area contributed by atoms with Crippen LogP contribution in [-0.2, 0) is 4.74 Å². The van der Waals surface area contributed by atoms with Crippen LogP contribution in [0.5, 0.6) is 0 Å². The minimum atomic E-state index is -0.0756. The van der Waals surface area contributed by atoms with E-state index in [1.807, 2.05) is 40.2 Å². The van der Waals surface area contributed by atoms with Gasteiger partial charge in [0, 0.05) is 58.7 Å². The quantitative estimate of drug-likeness (QED) is 0.889. The number of nitrogens with one attached hydrogen (secondary N) is 1. The number of benzene rings is 1. The van der Waals surface area contributed by atoms with E-state index in [9.17, 15) is 4.79 Å². The summed E-state index contributed by atoms with van der Waals surface area (Å²) >= 11 is 0. The van der Waals surface area contributed by atoms with Gasteiger partial charge in [-0.1, -0.05) is 6.07 Å². The van der Waals surface area contributed by atoms with E-state index in [0.29, 0.717) is 6.54 Å². The minimum absolute atomic E-state index is 0.0756. The number of amides is 2. The molecule has 0 aliphatic carbocycles. The molecule has 1 aromatic carbocycles. The number of hydrogen-bond donors (Lipinski definition) is 1. The number of nitrogens with zero attached hydrogens (tertiary/aromatic N) is 3. The first kappa shape index (κ1) is 19.5. The van der Waals surface area contributed by atoms with E-state index in [0.717, 1.165) is 36.6 Å². The van der Waals surface area contributed by atoms with E-state index in [4.69, 9.17) is 4.74 Å². The molecule has 1 saturated heterocycles. The molecule has 0 bridgehead atoms. The Labute approximate surface area is 151 Å². The van der Waals surface area contributed by atoms with Crippen LogP contribution in [-0.4, -0.2) is 75.4 Å². The maximum atomic E-state index is 12.5. The highest BCUT2D eigenvalue weighted by molar-refractivity contribution is 5.91. The SMILES string of the molecule is Cc1c(NC(=O)N(C)CCN2C[C@@H](C)O[C@@H](C)C2)cccc1N(C)C. The fraction of sp³-hybridized carbons (Fsp3) is 0.632. The van der Waals surface area contributed by atoms with Crippen LogP contribution in [0.1, 0.15) is 19.4 Å². The average molecular weight is 348 g/mol. The number of rotatable bonds is 5. The van der Waals surface area contributed by atoms with E-state index in [1.54, 1.807) is 4.90 Å². The number of carbonyl (C=O) groups is 1. The van der Waals surface area contributed by atoms with Crippen molar-refractivity contribution in [2.75, 3.05) is 57.5 Å². The molecule has 6 heteroatoms. The van der Waals surface area contributed by atoms with E-state index >= 15 is 0 Å². The lowest BCUT2D eigenvalue weighted by molar-refractivity contribution is -0.0684. The molecule has 1 N–H and O–H groups in total. The molecule has 0 aromatic heterocycles. The lowest BCUT2D eigenvalue weighted by Crippen LogP contribution is -2.48. The minimum Gasteiger partial charge on any atom is -0.377 e. The van der Waals surface area contributed by atoms with Crippen LogP contribution < -0.4 is 10.2 Å². The van der Waals surface area contributed by atoms with Gasteiger partial charge in [0.1, 0.15) is 0 Å². The third-order valence-corrected chi connectivity index (χ3v) is 4.62. The summed E-state index contributed by atoms with van der Waals surface area (Å²) in [5.74, 6) is 0. The summed E-state index contributed by atoms with van der Waals surface area (Å²) in [6.45, 7) is 9.62. The zero-order chi connectivity index (χ0) is 18.6. The molecule has 2 rings (SSSR count). The van der Waals surface area contributed by atoms with Crippen LogP contribution in [0.4, 0.5) is 16.2 Å². The second kappa shape index (κ2) is 8.54.